The first-order valence-electron chi connectivity index (χ1n) is 9.69. The highest BCUT2D eigenvalue weighted by molar-refractivity contribution is 8.14. The van der Waals surface area contributed by atoms with Crippen LogP contribution in [0.3, 0.4) is 0 Å². The van der Waals surface area contributed by atoms with E-state index in [-0.39, 0.29) is 11.8 Å². The molecule has 164 valence electrons. The lowest BCUT2D eigenvalue weighted by molar-refractivity contribution is -0.129. The number of nitrogens with one attached hydrogen (secondary N) is 1. The molecule has 2 aromatic rings. The summed E-state index contributed by atoms with van der Waals surface area (Å²) in [6.07, 6.45) is 0. The average molecular weight is 462 g/mol. The minimum Gasteiger partial charge on any atom is -0.490 e. The molecule has 1 aliphatic rings. The second-order valence-corrected chi connectivity index (χ2v) is 8.57. The number of aryl methyl sites for hydroxylation is 2. The summed E-state index contributed by atoms with van der Waals surface area (Å²) in [5, 5.41) is 8.50. The van der Waals surface area contributed by atoms with E-state index in [0.29, 0.717) is 34.7 Å². The molecule has 31 heavy (non-hydrogen) atoms. The molecule has 3 rings (SSSR count). The number of thioether (sulfide) groups is 1. The SMILES string of the molecule is CC(=O)NC1=NN(C(C)=O)[C@@H](c2cc(Cl)ccc2OCCOc2cc(C)ccc2C)S1. The lowest BCUT2D eigenvalue weighted by Gasteiger charge is -2.22. The number of hydrazone groups is 1. The molecule has 0 radical (unpaired) electrons. The molecule has 1 aliphatic heterocycles. The van der Waals surface area contributed by atoms with E-state index in [1.54, 1.807) is 18.2 Å². The second kappa shape index (κ2) is 10.1. The van der Waals surface area contributed by atoms with Gasteiger partial charge >= 0.3 is 0 Å². The molecule has 1 atom stereocenters. The van der Waals surface area contributed by atoms with Gasteiger partial charge in [-0.1, -0.05) is 35.5 Å². The Kier molecular flexibility index (Phi) is 7.46. The van der Waals surface area contributed by atoms with Crippen molar-refractivity contribution in [3.05, 3.63) is 58.1 Å². The van der Waals surface area contributed by atoms with E-state index in [9.17, 15) is 9.59 Å². The maximum absolute atomic E-state index is 12.1. The fourth-order valence-corrected chi connectivity index (χ4v) is 4.31. The Hall–Kier alpha value is -2.71. The van der Waals surface area contributed by atoms with Gasteiger partial charge in [0.05, 0.1) is 0 Å². The minimum atomic E-state index is -0.506. The maximum Gasteiger partial charge on any atom is 0.241 e. The summed E-state index contributed by atoms with van der Waals surface area (Å²) in [6.45, 7) is 7.47. The molecule has 0 saturated heterocycles. The first kappa shape index (κ1) is 23.0. The van der Waals surface area contributed by atoms with Crippen molar-refractivity contribution in [1.82, 2.24) is 10.3 Å². The number of benzene rings is 2. The molecule has 7 nitrogen and oxygen atoms in total. The number of carbonyl (C=O) groups is 2. The van der Waals surface area contributed by atoms with Crippen LogP contribution in [-0.2, 0) is 9.59 Å². The van der Waals surface area contributed by atoms with Gasteiger partial charge in [0.25, 0.3) is 0 Å². The fraction of sp³-hybridized carbons (Fsp3) is 0.318. The molecule has 0 bridgehead atoms. The van der Waals surface area contributed by atoms with Crippen molar-refractivity contribution in [3.8, 4) is 11.5 Å². The van der Waals surface area contributed by atoms with Crippen LogP contribution in [0.1, 0.15) is 35.9 Å². The highest BCUT2D eigenvalue weighted by Crippen LogP contribution is 2.43. The fourth-order valence-electron chi connectivity index (χ4n) is 2.98. The van der Waals surface area contributed by atoms with Gasteiger partial charge in [-0.2, -0.15) is 0 Å². The van der Waals surface area contributed by atoms with E-state index in [1.165, 1.54) is 30.6 Å². The number of amidine groups is 1. The van der Waals surface area contributed by atoms with Gasteiger partial charge < -0.3 is 14.8 Å². The molecule has 0 aliphatic carbocycles. The Bertz CT molecular complexity index is 1030. The van der Waals surface area contributed by atoms with Gasteiger partial charge in [-0.25, -0.2) is 5.01 Å². The summed E-state index contributed by atoms with van der Waals surface area (Å²) in [7, 11) is 0. The molecule has 2 amide bonds. The summed E-state index contributed by atoms with van der Waals surface area (Å²) in [4.78, 5) is 23.5. The average Bonchev–Trinajstić information content (AvgIpc) is 3.12. The molecule has 0 aromatic heterocycles. The Morgan fingerprint density at radius 3 is 2.48 bits per heavy atom. The van der Waals surface area contributed by atoms with Crippen molar-refractivity contribution in [2.24, 2.45) is 5.10 Å². The molecule has 1 heterocycles. The van der Waals surface area contributed by atoms with Crippen LogP contribution in [0, 0.1) is 13.8 Å². The summed E-state index contributed by atoms with van der Waals surface area (Å²) in [6, 6.07) is 11.3. The zero-order valence-electron chi connectivity index (χ0n) is 17.8. The zero-order valence-corrected chi connectivity index (χ0v) is 19.3. The predicted octanol–water partition coefficient (Wildman–Crippen LogP) is 4.42. The Morgan fingerprint density at radius 1 is 1.10 bits per heavy atom. The minimum absolute atomic E-state index is 0.262. The molecule has 9 heteroatoms. The van der Waals surface area contributed by atoms with E-state index >= 15 is 0 Å². The van der Waals surface area contributed by atoms with Crippen molar-refractivity contribution in [1.29, 1.82) is 0 Å². The molecule has 0 unspecified atom stereocenters. The first-order valence-corrected chi connectivity index (χ1v) is 11.0. The van der Waals surface area contributed by atoms with Crippen LogP contribution in [0.15, 0.2) is 41.5 Å². The van der Waals surface area contributed by atoms with E-state index in [4.69, 9.17) is 21.1 Å². The standard InChI is InChI=1S/C22H24ClN3O4S/c1-13-5-6-14(2)20(11-13)30-10-9-29-19-8-7-17(23)12-18(19)21-26(16(4)28)25-22(31-21)24-15(3)27/h5-8,11-12,21H,9-10H2,1-4H3,(H,24,25,27)/t21-/m1/s1. The summed E-state index contributed by atoms with van der Waals surface area (Å²) in [5.74, 6) is 0.864. The van der Waals surface area contributed by atoms with Gasteiger partial charge in [0.15, 0.2) is 5.17 Å². The maximum atomic E-state index is 12.1. The highest BCUT2D eigenvalue weighted by atomic mass is 35.5. The highest BCUT2D eigenvalue weighted by Gasteiger charge is 2.34. The Balaban J connectivity index is 1.72. The number of amides is 2. The molecule has 0 fully saturated rings. The van der Waals surface area contributed by atoms with Crippen molar-refractivity contribution >= 4 is 40.3 Å². The third-order valence-electron chi connectivity index (χ3n) is 4.43. The monoisotopic (exact) mass is 461 g/mol. The number of ether oxygens (including phenoxy) is 2. The van der Waals surface area contributed by atoms with Gasteiger partial charge in [-0.05, 0) is 49.2 Å². The van der Waals surface area contributed by atoms with Crippen molar-refractivity contribution in [2.45, 2.75) is 33.1 Å². The van der Waals surface area contributed by atoms with Crippen LogP contribution >= 0.6 is 23.4 Å². The van der Waals surface area contributed by atoms with E-state index in [2.05, 4.69) is 10.4 Å². The second-order valence-electron chi connectivity index (χ2n) is 7.07. The third-order valence-corrected chi connectivity index (χ3v) is 5.75. The Labute approximate surface area is 190 Å². The molecule has 0 saturated carbocycles. The number of hydrogen-bond acceptors (Lipinski definition) is 6. The quantitative estimate of drug-likeness (QED) is 0.644. The van der Waals surface area contributed by atoms with Crippen molar-refractivity contribution in [2.75, 3.05) is 13.2 Å². The number of rotatable bonds is 6. The number of hydrogen-bond donors (Lipinski definition) is 1. The summed E-state index contributed by atoms with van der Waals surface area (Å²) in [5.41, 5.74) is 2.86. The van der Waals surface area contributed by atoms with Gasteiger partial charge in [-0.15, -0.1) is 5.10 Å². The molecular weight excluding hydrogens is 438 g/mol. The third kappa shape index (κ3) is 5.92. The lowest BCUT2D eigenvalue weighted by Crippen LogP contribution is -2.25. The van der Waals surface area contributed by atoms with Crippen LogP contribution < -0.4 is 14.8 Å². The largest absolute Gasteiger partial charge is 0.490 e. The smallest absolute Gasteiger partial charge is 0.241 e. The molecule has 0 spiro atoms. The Morgan fingerprint density at radius 2 is 1.81 bits per heavy atom. The van der Waals surface area contributed by atoms with Crippen molar-refractivity contribution < 1.29 is 19.1 Å². The van der Waals surface area contributed by atoms with Crippen LogP contribution in [0.25, 0.3) is 0 Å². The van der Waals surface area contributed by atoms with Crippen LogP contribution in [-0.4, -0.2) is 35.2 Å². The van der Waals surface area contributed by atoms with Crippen LogP contribution in [0.4, 0.5) is 0 Å². The summed E-state index contributed by atoms with van der Waals surface area (Å²) >= 11 is 7.46. The van der Waals surface area contributed by atoms with Crippen LogP contribution in [0.2, 0.25) is 5.02 Å². The topological polar surface area (TPSA) is 80.2 Å². The van der Waals surface area contributed by atoms with Crippen LogP contribution in [0.5, 0.6) is 11.5 Å². The summed E-state index contributed by atoms with van der Waals surface area (Å²) < 4.78 is 11.8. The first-order chi connectivity index (χ1) is 14.7. The van der Waals surface area contributed by atoms with Gasteiger partial charge in [0.1, 0.15) is 30.1 Å². The molecule has 1 N–H and O–H groups in total. The number of carbonyl (C=O) groups excluding carboxylic acids is 2. The number of halogens is 1. The lowest BCUT2D eigenvalue weighted by atomic mass is 10.1. The van der Waals surface area contributed by atoms with Gasteiger partial charge in [0.2, 0.25) is 11.8 Å². The van der Waals surface area contributed by atoms with E-state index < -0.39 is 5.37 Å². The molecular formula is C22H24ClN3O4S. The van der Waals surface area contributed by atoms with E-state index in [1.807, 2.05) is 32.0 Å². The normalized spacial score (nSPS) is 15.5. The van der Waals surface area contributed by atoms with E-state index in [0.717, 1.165) is 16.9 Å². The predicted molar refractivity (Wildman–Crippen MR) is 122 cm³/mol. The van der Waals surface area contributed by atoms with Gasteiger partial charge in [0, 0.05) is 24.4 Å². The van der Waals surface area contributed by atoms with Gasteiger partial charge in [-0.3, -0.25) is 9.59 Å². The molecule has 2 aromatic carbocycles. The number of nitrogens with zero attached hydrogens (tertiary/aromatic N) is 2. The van der Waals surface area contributed by atoms with Crippen molar-refractivity contribution in [3.63, 3.8) is 0 Å². The zero-order chi connectivity index (χ0) is 22.5.